The maximum atomic E-state index is 13.0. The highest BCUT2D eigenvalue weighted by molar-refractivity contribution is 7.17. The van der Waals surface area contributed by atoms with Gasteiger partial charge in [-0.1, -0.05) is 25.4 Å². The highest BCUT2D eigenvalue weighted by Gasteiger charge is 2.16. The molecule has 0 aliphatic rings. The molecule has 0 fully saturated rings. The first kappa shape index (κ1) is 18.6. The third-order valence-corrected chi connectivity index (χ3v) is 5.51. The van der Waals surface area contributed by atoms with Crippen LogP contribution in [-0.4, -0.2) is 25.7 Å². The van der Waals surface area contributed by atoms with Crippen molar-refractivity contribution in [1.82, 2.24) is 19.4 Å². The smallest absolute Gasteiger partial charge is 0.283 e. The molecule has 4 rings (SSSR count). The third-order valence-electron chi connectivity index (χ3n) is 4.22. The SMILES string of the molecule is Cc1nn(CC(C)C)c(Cl)c1/C=N\n1cnc2scc(-c3ccco3)c2c1=O. The molecule has 0 saturated carbocycles. The molecular weight excluding hydrogens is 398 g/mol. The number of aryl methyl sites for hydroxylation is 1. The van der Waals surface area contributed by atoms with Gasteiger partial charge in [-0.3, -0.25) is 9.48 Å². The molecule has 7 nitrogen and oxygen atoms in total. The molecule has 0 aliphatic heterocycles. The molecule has 0 aliphatic carbocycles. The van der Waals surface area contributed by atoms with E-state index in [0.717, 1.165) is 5.69 Å². The second-order valence-electron chi connectivity index (χ2n) is 6.81. The van der Waals surface area contributed by atoms with Crippen molar-refractivity contribution in [2.75, 3.05) is 0 Å². The zero-order valence-electron chi connectivity index (χ0n) is 15.6. The quantitative estimate of drug-likeness (QED) is 0.452. The normalized spacial score (nSPS) is 12.0. The van der Waals surface area contributed by atoms with Gasteiger partial charge >= 0.3 is 0 Å². The minimum atomic E-state index is -0.266. The summed E-state index contributed by atoms with van der Waals surface area (Å²) in [5.74, 6) is 1.04. The van der Waals surface area contributed by atoms with Crippen molar-refractivity contribution in [3.63, 3.8) is 0 Å². The van der Waals surface area contributed by atoms with E-state index in [1.807, 2.05) is 18.4 Å². The minimum absolute atomic E-state index is 0.266. The molecule has 0 atom stereocenters. The standard InChI is InChI=1S/C19H18ClN5O2S/c1-11(2)8-24-17(20)13(12(3)23-24)7-22-25-10-21-18-16(19(25)26)14(9-28-18)15-5-4-6-27-15/h4-7,9-11H,8H2,1-3H3/b22-7-. The Bertz CT molecular complexity index is 1220. The van der Waals surface area contributed by atoms with Gasteiger partial charge in [0.1, 0.15) is 22.1 Å². The molecule has 4 aromatic heterocycles. The fraction of sp³-hybridized carbons (Fsp3) is 0.263. The Morgan fingerprint density at radius 1 is 1.43 bits per heavy atom. The summed E-state index contributed by atoms with van der Waals surface area (Å²) in [7, 11) is 0. The number of nitrogens with zero attached hydrogens (tertiary/aromatic N) is 5. The van der Waals surface area contributed by atoms with Gasteiger partial charge in [-0.25, -0.2) is 4.98 Å². The Labute approximate surface area is 169 Å². The second kappa shape index (κ2) is 7.37. The molecule has 0 N–H and O–H groups in total. The molecule has 9 heteroatoms. The van der Waals surface area contributed by atoms with E-state index in [-0.39, 0.29) is 5.56 Å². The van der Waals surface area contributed by atoms with Gasteiger partial charge in [0.15, 0.2) is 0 Å². The largest absolute Gasteiger partial charge is 0.464 e. The van der Waals surface area contributed by atoms with Gasteiger partial charge in [-0.15, -0.1) is 11.3 Å². The van der Waals surface area contributed by atoms with Crippen molar-refractivity contribution in [2.45, 2.75) is 27.3 Å². The van der Waals surface area contributed by atoms with Crippen LogP contribution in [0, 0.1) is 12.8 Å². The van der Waals surface area contributed by atoms with Crippen LogP contribution in [0.3, 0.4) is 0 Å². The molecule has 144 valence electrons. The first-order valence-electron chi connectivity index (χ1n) is 8.75. The molecule has 0 aromatic carbocycles. The molecule has 0 radical (unpaired) electrons. The van der Waals surface area contributed by atoms with Crippen molar-refractivity contribution in [1.29, 1.82) is 0 Å². The van der Waals surface area contributed by atoms with E-state index in [2.05, 4.69) is 29.0 Å². The van der Waals surface area contributed by atoms with Gasteiger partial charge in [-0.2, -0.15) is 14.9 Å². The zero-order valence-corrected chi connectivity index (χ0v) is 17.2. The van der Waals surface area contributed by atoms with Crippen molar-refractivity contribution in [3.05, 3.63) is 56.9 Å². The number of furan rings is 1. The molecule has 0 unspecified atom stereocenters. The highest BCUT2D eigenvalue weighted by Crippen LogP contribution is 2.30. The van der Waals surface area contributed by atoms with Crippen LogP contribution in [0.4, 0.5) is 0 Å². The van der Waals surface area contributed by atoms with E-state index >= 15 is 0 Å². The molecule has 0 saturated heterocycles. The van der Waals surface area contributed by atoms with Crippen LogP contribution in [0.25, 0.3) is 21.5 Å². The maximum Gasteiger partial charge on any atom is 0.283 e. The van der Waals surface area contributed by atoms with Gasteiger partial charge in [0.2, 0.25) is 0 Å². The topological polar surface area (TPSA) is 78.2 Å². The maximum absolute atomic E-state index is 13.0. The molecule has 4 aromatic rings. The Hall–Kier alpha value is -2.71. The molecule has 28 heavy (non-hydrogen) atoms. The molecule has 0 amide bonds. The van der Waals surface area contributed by atoms with Crippen molar-refractivity contribution in [3.8, 4) is 11.3 Å². The monoisotopic (exact) mass is 415 g/mol. The summed E-state index contributed by atoms with van der Waals surface area (Å²) in [5, 5.41) is 11.6. The predicted octanol–water partition coefficient (Wildman–Crippen LogP) is 4.41. The summed E-state index contributed by atoms with van der Waals surface area (Å²) in [6, 6.07) is 3.60. The van der Waals surface area contributed by atoms with Gasteiger partial charge in [0.05, 0.1) is 29.1 Å². The fourth-order valence-electron chi connectivity index (χ4n) is 2.92. The van der Waals surface area contributed by atoms with Crippen LogP contribution >= 0.6 is 22.9 Å². The first-order chi connectivity index (χ1) is 13.5. The van der Waals surface area contributed by atoms with E-state index in [1.54, 1.807) is 23.2 Å². The van der Waals surface area contributed by atoms with Crippen molar-refractivity contribution >= 4 is 39.4 Å². The third kappa shape index (κ3) is 3.29. The van der Waals surface area contributed by atoms with Gasteiger partial charge in [-0.05, 0) is 25.0 Å². The Balaban J connectivity index is 1.75. The highest BCUT2D eigenvalue weighted by atomic mass is 35.5. The van der Waals surface area contributed by atoms with E-state index in [0.29, 0.717) is 44.7 Å². The number of hydrogen-bond donors (Lipinski definition) is 0. The summed E-state index contributed by atoms with van der Waals surface area (Å²) in [6.07, 6.45) is 4.53. The summed E-state index contributed by atoms with van der Waals surface area (Å²) in [5.41, 5.74) is 1.89. The van der Waals surface area contributed by atoms with Crippen LogP contribution < -0.4 is 5.56 Å². The van der Waals surface area contributed by atoms with E-state index in [4.69, 9.17) is 16.0 Å². The van der Waals surface area contributed by atoms with Crippen LogP contribution in [0.2, 0.25) is 5.15 Å². The van der Waals surface area contributed by atoms with Crippen molar-refractivity contribution in [2.24, 2.45) is 11.0 Å². The fourth-order valence-corrected chi connectivity index (χ4v) is 4.10. The summed E-state index contributed by atoms with van der Waals surface area (Å²) in [4.78, 5) is 18.0. The van der Waals surface area contributed by atoms with E-state index < -0.39 is 0 Å². The van der Waals surface area contributed by atoms with Gasteiger partial charge in [0, 0.05) is 17.5 Å². The van der Waals surface area contributed by atoms with E-state index in [1.165, 1.54) is 22.3 Å². The van der Waals surface area contributed by atoms with Crippen LogP contribution in [0.1, 0.15) is 25.1 Å². The number of hydrogen-bond acceptors (Lipinski definition) is 6. The van der Waals surface area contributed by atoms with Gasteiger partial charge in [0.25, 0.3) is 5.56 Å². The molecule has 0 spiro atoms. The lowest BCUT2D eigenvalue weighted by molar-refractivity contribution is 0.482. The van der Waals surface area contributed by atoms with Gasteiger partial charge < -0.3 is 4.42 Å². The van der Waals surface area contributed by atoms with Crippen molar-refractivity contribution < 1.29 is 4.42 Å². The Morgan fingerprint density at radius 3 is 2.96 bits per heavy atom. The lowest BCUT2D eigenvalue weighted by Gasteiger charge is -2.05. The number of halogens is 1. The number of thiophene rings is 1. The van der Waals surface area contributed by atoms with E-state index in [9.17, 15) is 4.79 Å². The minimum Gasteiger partial charge on any atom is -0.464 e. The molecule has 0 bridgehead atoms. The average Bonchev–Trinajstić information content (AvgIpc) is 3.35. The summed E-state index contributed by atoms with van der Waals surface area (Å²) >= 11 is 7.84. The Morgan fingerprint density at radius 2 is 2.25 bits per heavy atom. The number of fused-ring (bicyclic) bond motifs is 1. The lowest BCUT2D eigenvalue weighted by Crippen LogP contribution is -2.16. The summed E-state index contributed by atoms with van der Waals surface area (Å²) < 4.78 is 8.40. The number of aromatic nitrogens is 4. The summed E-state index contributed by atoms with van der Waals surface area (Å²) in [6.45, 7) is 6.77. The predicted molar refractivity (Wildman–Crippen MR) is 111 cm³/mol. The zero-order chi connectivity index (χ0) is 19.8. The Kier molecular flexibility index (Phi) is 4.91. The second-order valence-corrected chi connectivity index (χ2v) is 8.03. The number of rotatable bonds is 5. The lowest BCUT2D eigenvalue weighted by atomic mass is 10.2. The van der Waals surface area contributed by atoms with Crippen LogP contribution in [0.5, 0.6) is 0 Å². The van der Waals surface area contributed by atoms with Crippen LogP contribution in [-0.2, 0) is 6.54 Å². The first-order valence-corrected chi connectivity index (χ1v) is 10.0. The van der Waals surface area contributed by atoms with Crippen LogP contribution in [0.15, 0.2) is 44.4 Å². The molecule has 4 heterocycles. The molecular formula is C19H18ClN5O2S. The average molecular weight is 416 g/mol.